The highest BCUT2D eigenvalue weighted by atomic mass is 16.6. The van der Waals surface area contributed by atoms with Gasteiger partial charge in [-0.15, -0.1) is 0 Å². The van der Waals surface area contributed by atoms with Gasteiger partial charge in [0, 0.05) is 39.8 Å². The Labute approximate surface area is 141 Å². The monoisotopic (exact) mass is 339 g/mol. The van der Waals surface area contributed by atoms with Crippen molar-refractivity contribution in [1.29, 1.82) is 0 Å². The van der Waals surface area contributed by atoms with Crippen LogP contribution in [0, 0.1) is 0 Å². The quantitative estimate of drug-likeness (QED) is 0.792. The van der Waals surface area contributed by atoms with Crippen molar-refractivity contribution in [1.82, 2.24) is 15.1 Å². The van der Waals surface area contributed by atoms with E-state index in [1.54, 1.807) is 41.2 Å². The zero-order valence-electron chi connectivity index (χ0n) is 14.9. The second-order valence-corrected chi connectivity index (χ2v) is 5.79. The van der Waals surface area contributed by atoms with Gasteiger partial charge in [-0.3, -0.25) is 5.32 Å². The van der Waals surface area contributed by atoms with Gasteiger partial charge in [0.05, 0.1) is 0 Å². The summed E-state index contributed by atoms with van der Waals surface area (Å²) in [7, 11) is 6.19. The van der Waals surface area contributed by atoms with Crippen LogP contribution in [-0.4, -0.2) is 61.8 Å². The first-order chi connectivity index (χ1) is 11.1. The summed E-state index contributed by atoms with van der Waals surface area (Å²) in [6.07, 6.45) is -1.18. The minimum Gasteiger partial charge on any atom is -0.410 e. The van der Waals surface area contributed by atoms with Crippen molar-refractivity contribution in [2.75, 3.05) is 34.7 Å². The smallest absolute Gasteiger partial charge is 0.410 e. The number of carbonyl (C=O) groups excluding carboxylic acids is 2. The molecule has 134 valence electrons. The molecule has 1 atom stereocenters. The molecule has 0 saturated carbocycles. The Morgan fingerprint density at radius 1 is 1.12 bits per heavy atom. The molecule has 1 unspecified atom stereocenters. The number of nitrogens with zero attached hydrogens (tertiary/aromatic N) is 2. The Balaban J connectivity index is 3.23. The van der Waals surface area contributed by atoms with Gasteiger partial charge < -0.3 is 24.4 Å². The molecule has 2 N–H and O–H groups in total. The van der Waals surface area contributed by atoms with Crippen molar-refractivity contribution in [2.45, 2.75) is 19.6 Å². The molecule has 0 spiro atoms. The number of hydrogen-bond donors (Lipinski definition) is 2. The number of aliphatic hydroxyl groups is 1. The molecule has 0 saturated heterocycles. The highest BCUT2D eigenvalue weighted by Crippen LogP contribution is 2.32. The molecule has 0 aliphatic heterocycles. The van der Waals surface area contributed by atoms with Gasteiger partial charge in [-0.25, -0.2) is 9.59 Å². The molecule has 0 bridgehead atoms. The largest absolute Gasteiger partial charge is 0.414 e. The second kappa shape index (κ2) is 7.98. The van der Waals surface area contributed by atoms with Gasteiger partial charge in [-0.05, 0) is 25.6 Å². The normalized spacial score (nSPS) is 13.0. The summed E-state index contributed by atoms with van der Waals surface area (Å²) < 4.78 is 10.5. The van der Waals surface area contributed by atoms with Gasteiger partial charge in [0.15, 0.2) is 0 Å². The van der Waals surface area contributed by atoms with Gasteiger partial charge in [-0.1, -0.05) is 6.92 Å². The standard InChI is InChI=1S/C16H25N3O5/c1-7-17-16(2,22)12-9-8-11(23-14(20)18(3)4)10-13(12)24-15(21)19(5)6/h8-10,17,22H,7H2,1-6H3. The predicted molar refractivity (Wildman–Crippen MR) is 89.1 cm³/mol. The lowest BCUT2D eigenvalue weighted by Gasteiger charge is -2.27. The molecule has 0 aliphatic rings. The van der Waals surface area contributed by atoms with Crippen LogP contribution < -0.4 is 14.8 Å². The predicted octanol–water partition coefficient (Wildman–Crippen LogP) is 1.58. The molecular weight excluding hydrogens is 314 g/mol. The van der Waals surface area contributed by atoms with Crippen LogP contribution in [0.4, 0.5) is 9.59 Å². The molecule has 1 rings (SSSR count). The van der Waals surface area contributed by atoms with E-state index in [1.165, 1.54) is 21.9 Å². The summed E-state index contributed by atoms with van der Waals surface area (Å²) in [5.74, 6) is 0.301. The zero-order valence-corrected chi connectivity index (χ0v) is 14.9. The molecule has 0 radical (unpaired) electrons. The molecule has 1 aromatic carbocycles. The molecular formula is C16H25N3O5. The van der Waals surface area contributed by atoms with Gasteiger partial charge in [0.25, 0.3) is 0 Å². The van der Waals surface area contributed by atoms with E-state index >= 15 is 0 Å². The Kier molecular flexibility index (Phi) is 6.56. The van der Waals surface area contributed by atoms with Crippen LogP contribution in [0.25, 0.3) is 0 Å². The molecule has 0 aliphatic carbocycles. The highest BCUT2D eigenvalue weighted by Gasteiger charge is 2.28. The molecule has 0 fully saturated rings. The van der Waals surface area contributed by atoms with E-state index in [1.807, 2.05) is 6.92 Å². The van der Waals surface area contributed by atoms with Gasteiger partial charge in [0.1, 0.15) is 17.2 Å². The van der Waals surface area contributed by atoms with Crippen LogP contribution in [0.15, 0.2) is 18.2 Å². The van der Waals surface area contributed by atoms with Gasteiger partial charge >= 0.3 is 12.2 Å². The number of nitrogens with one attached hydrogen (secondary N) is 1. The van der Waals surface area contributed by atoms with Crippen molar-refractivity contribution in [2.24, 2.45) is 0 Å². The molecule has 24 heavy (non-hydrogen) atoms. The summed E-state index contributed by atoms with van der Waals surface area (Å²) in [4.78, 5) is 26.1. The van der Waals surface area contributed by atoms with Crippen LogP contribution in [0.5, 0.6) is 11.5 Å². The zero-order chi connectivity index (χ0) is 18.5. The third-order valence-corrected chi connectivity index (χ3v) is 3.13. The first-order valence-corrected chi connectivity index (χ1v) is 7.48. The van der Waals surface area contributed by atoms with Gasteiger partial charge in [-0.2, -0.15) is 0 Å². The van der Waals surface area contributed by atoms with Crippen LogP contribution in [0.2, 0.25) is 0 Å². The lowest BCUT2D eigenvalue weighted by molar-refractivity contribution is 0.0197. The van der Waals surface area contributed by atoms with Crippen molar-refractivity contribution < 1.29 is 24.2 Å². The average Bonchev–Trinajstić information content (AvgIpc) is 2.46. The number of hydrogen-bond acceptors (Lipinski definition) is 6. The number of benzene rings is 1. The summed E-state index contributed by atoms with van der Waals surface area (Å²) in [5, 5.41) is 13.4. The fourth-order valence-electron chi connectivity index (χ4n) is 1.87. The van der Waals surface area contributed by atoms with Crippen molar-refractivity contribution in [3.8, 4) is 11.5 Å². The summed E-state index contributed by atoms with van der Waals surface area (Å²) in [6, 6.07) is 4.46. The Hall–Kier alpha value is -2.32. The maximum absolute atomic E-state index is 11.9. The van der Waals surface area contributed by atoms with E-state index in [0.717, 1.165) is 0 Å². The van der Waals surface area contributed by atoms with Crippen molar-refractivity contribution in [3.05, 3.63) is 23.8 Å². The SMILES string of the molecule is CCNC(C)(O)c1ccc(OC(=O)N(C)C)cc1OC(=O)N(C)C. The Bertz CT molecular complexity index is 599. The lowest BCUT2D eigenvalue weighted by Crippen LogP contribution is -2.40. The maximum atomic E-state index is 11.9. The van der Waals surface area contributed by atoms with E-state index < -0.39 is 17.9 Å². The fraction of sp³-hybridized carbons (Fsp3) is 0.500. The molecule has 0 aromatic heterocycles. The van der Waals surface area contributed by atoms with Crippen LogP contribution in [0.1, 0.15) is 19.4 Å². The maximum Gasteiger partial charge on any atom is 0.414 e. The van der Waals surface area contributed by atoms with Crippen LogP contribution >= 0.6 is 0 Å². The minimum absolute atomic E-state index is 0.101. The van der Waals surface area contributed by atoms with E-state index in [2.05, 4.69) is 5.32 Å². The van der Waals surface area contributed by atoms with Crippen molar-refractivity contribution >= 4 is 12.2 Å². The van der Waals surface area contributed by atoms with Crippen molar-refractivity contribution in [3.63, 3.8) is 0 Å². The summed E-state index contributed by atoms with van der Waals surface area (Å²) in [5.41, 5.74) is -1.06. The van der Waals surface area contributed by atoms with E-state index in [0.29, 0.717) is 12.1 Å². The Morgan fingerprint density at radius 3 is 2.17 bits per heavy atom. The van der Waals surface area contributed by atoms with E-state index in [9.17, 15) is 14.7 Å². The molecule has 8 nitrogen and oxygen atoms in total. The fourth-order valence-corrected chi connectivity index (χ4v) is 1.87. The van der Waals surface area contributed by atoms with Gasteiger partial charge in [0.2, 0.25) is 0 Å². The number of carbonyl (C=O) groups is 2. The first kappa shape index (κ1) is 19.7. The topological polar surface area (TPSA) is 91.3 Å². The average molecular weight is 339 g/mol. The number of ether oxygens (including phenoxy) is 2. The van der Waals surface area contributed by atoms with Crippen LogP contribution in [-0.2, 0) is 5.72 Å². The third kappa shape index (κ3) is 5.10. The molecule has 2 amide bonds. The van der Waals surface area contributed by atoms with E-state index in [-0.39, 0.29) is 11.5 Å². The molecule has 1 aromatic rings. The van der Waals surface area contributed by atoms with Crippen LogP contribution in [0.3, 0.4) is 0 Å². The molecule has 0 heterocycles. The summed E-state index contributed by atoms with van der Waals surface area (Å²) >= 11 is 0. The lowest BCUT2D eigenvalue weighted by atomic mass is 10.0. The second-order valence-electron chi connectivity index (χ2n) is 5.79. The number of amides is 2. The Morgan fingerprint density at radius 2 is 1.67 bits per heavy atom. The third-order valence-electron chi connectivity index (χ3n) is 3.13. The highest BCUT2D eigenvalue weighted by molar-refractivity contribution is 5.72. The minimum atomic E-state index is -1.42. The molecule has 8 heteroatoms. The number of rotatable bonds is 5. The van der Waals surface area contributed by atoms with E-state index in [4.69, 9.17) is 9.47 Å². The first-order valence-electron chi connectivity index (χ1n) is 7.48. The summed E-state index contributed by atoms with van der Waals surface area (Å²) in [6.45, 7) is 3.89.